The molecule has 0 spiro atoms. The average Bonchev–Trinajstić information content (AvgIpc) is 2.25. The third kappa shape index (κ3) is 2.86. The van der Waals surface area contributed by atoms with E-state index in [-0.39, 0.29) is 17.7 Å². The molecule has 2 unspecified atom stereocenters. The van der Waals surface area contributed by atoms with Crippen LogP contribution in [0.5, 0.6) is 0 Å². The largest absolute Gasteiger partial charge is 0.316 e. The fraction of sp³-hybridized carbons (Fsp3) is 0.846. The van der Waals surface area contributed by atoms with E-state index in [1.54, 1.807) is 0 Å². The van der Waals surface area contributed by atoms with E-state index in [9.17, 15) is 9.59 Å². The highest BCUT2D eigenvalue weighted by atomic mass is 16.2. The van der Waals surface area contributed by atoms with Crippen LogP contribution in [-0.2, 0) is 9.59 Å². The maximum absolute atomic E-state index is 11.9. The summed E-state index contributed by atoms with van der Waals surface area (Å²) in [5.74, 6) is 1.29. The number of nitrogens with zero attached hydrogens (tertiary/aromatic N) is 1. The quantitative estimate of drug-likeness (QED) is 0.731. The maximum Gasteiger partial charge on any atom is 0.229 e. The van der Waals surface area contributed by atoms with Gasteiger partial charge in [-0.25, -0.2) is 0 Å². The molecule has 1 N–H and O–H groups in total. The van der Waals surface area contributed by atoms with E-state index in [4.69, 9.17) is 0 Å². The van der Waals surface area contributed by atoms with E-state index in [0.717, 1.165) is 19.5 Å². The molecule has 2 saturated heterocycles. The summed E-state index contributed by atoms with van der Waals surface area (Å²) in [7, 11) is 0. The zero-order valence-corrected chi connectivity index (χ0v) is 10.7. The Hall–Kier alpha value is -0.900. The predicted molar refractivity (Wildman–Crippen MR) is 65.3 cm³/mol. The smallest absolute Gasteiger partial charge is 0.229 e. The van der Waals surface area contributed by atoms with Crippen LogP contribution >= 0.6 is 0 Å². The first-order valence-corrected chi connectivity index (χ1v) is 6.62. The number of piperidine rings is 2. The molecule has 2 heterocycles. The summed E-state index contributed by atoms with van der Waals surface area (Å²) in [6, 6.07) is 0. The lowest BCUT2D eigenvalue weighted by Gasteiger charge is -2.35. The highest BCUT2D eigenvalue weighted by Crippen LogP contribution is 2.24. The Morgan fingerprint density at radius 1 is 1.24 bits per heavy atom. The van der Waals surface area contributed by atoms with Gasteiger partial charge in [0, 0.05) is 19.4 Å². The van der Waals surface area contributed by atoms with Crippen molar-refractivity contribution in [2.45, 2.75) is 33.1 Å². The van der Waals surface area contributed by atoms with Crippen molar-refractivity contribution in [1.29, 1.82) is 0 Å². The van der Waals surface area contributed by atoms with Gasteiger partial charge in [0.2, 0.25) is 11.8 Å². The minimum atomic E-state index is 0.0273. The third-order valence-electron chi connectivity index (χ3n) is 4.03. The number of carbonyl (C=O) groups is 2. The molecular formula is C13H22N2O2. The molecule has 0 radical (unpaired) electrons. The highest BCUT2D eigenvalue weighted by Gasteiger charge is 2.33. The van der Waals surface area contributed by atoms with Crippen molar-refractivity contribution in [1.82, 2.24) is 10.2 Å². The van der Waals surface area contributed by atoms with Crippen LogP contribution in [0.25, 0.3) is 0 Å². The van der Waals surface area contributed by atoms with E-state index >= 15 is 0 Å². The summed E-state index contributed by atoms with van der Waals surface area (Å²) in [5, 5.41) is 3.34. The van der Waals surface area contributed by atoms with Crippen LogP contribution in [0, 0.1) is 17.8 Å². The van der Waals surface area contributed by atoms with Crippen LogP contribution in [-0.4, -0.2) is 36.3 Å². The van der Waals surface area contributed by atoms with E-state index in [1.165, 1.54) is 4.90 Å². The topological polar surface area (TPSA) is 49.4 Å². The normalized spacial score (nSPS) is 32.0. The Labute approximate surface area is 103 Å². The van der Waals surface area contributed by atoms with Gasteiger partial charge in [0.15, 0.2) is 0 Å². The van der Waals surface area contributed by atoms with Crippen LogP contribution in [0.4, 0.5) is 0 Å². The van der Waals surface area contributed by atoms with Crippen LogP contribution in [0.2, 0.25) is 0 Å². The molecule has 0 bridgehead atoms. The lowest BCUT2D eigenvalue weighted by Crippen LogP contribution is -2.48. The van der Waals surface area contributed by atoms with Gasteiger partial charge >= 0.3 is 0 Å². The zero-order valence-electron chi connectivity index (χ0n) is 10.7. The van der Waals surface area contributed by atoms with Gasteiger partial charge in [-0.05, 0) is 37.3 Å². The SMILES string of the molecule is CC1CC(=O)N(CC2CCNCC2C)C(=O)C1. The minimum absolute atomic E-state index is 0.0273. The van der Waals surface area contributed by atoms with Gasteiger partial charge in [0.1, 0.15) is 0 Å². The van der Waals surface area contributed by atoms with Crippen molar-refractivity contribution in [2.75, 3.05) is 19.6 Å². The molecule has 17 heavy (non-hydrogen) atoms. The molecule has 0 aliphatic carbocycles. The van der Waals surface area contributed by atoms with Crippen molar-refractivity contribution >= 4 is 11.8 Å². The lowest BCUT2D eigenvalue weighted by molar-refractivity contribution is -0.150. The monoisotopic (exact) mass is 238 g/mol. The Kier molecular flexibility index (Phi) is 3.82. The number of hydrogen-bond donors (Lipinski definition) is 1. The Balaban J connectivity index is 1.97. The van der Waals surface area contributed by atoms with E-state index in [1.807, 2.05) is 6.92 Å². The Morgan fingerprint density at radius 3 is 2.47 bits per heavy atom. The number of hydrogen-bond acceptors (Lipinski definition) is 3. The number of rotatable bonds is 2. The minimum Gasteiger partial charge on any atom is -0.316 e. The van der Waals surface area contributed by atoms with Gasteiger partial charge in [0.05, 0.1) is 0 Å². The number of carbonyl (C=O) groups excluding carboxylic acids is 2. The van der Waals surface area contributed by atoms with Crippen LogP contribution in [0.15, 0.2) is 0 Å². The van der Waals surface area contributed by atoms with Gasteiger partial charge < -0.3 is 5.32 Å². The summed E-state index contributed by atoms with van der Waals surface area (Å²) in [4.78, 5) is 25.3. The molecular weight excluding hydrogens is 216 g/mol. The van der Waals surface area contributed by atoms with E-state index in [0.29, 0.717) is 31.2 Å². The summed E-state index contributed by atoms with van der Waals surface area (Å²) < 4.78 is 0. The molecule has 2 fully saturated rings. The molecule has 4 heteroatoms. The van der Waals surface area contributed by atoms with Gasteiger partial charge in [-0.15, -0.1) is 0 Å². The summed E-state index contributed by atoms with van der Waals surface area (Å²) in [6.07, 6.45) is 2.13. The summed E-state index contributed by atoms with van der Waals surface area (Å²) >= 11 is 0. The van der Waals surface area contributed by atoms with E-state index in [2.05, 4.69) is 12.2 Å². The summed E-state index contributed by atoms with van der Waals surface area (Å²) in [5.41, 5.74) is 0. The van der Waals surface area contributed by atoms with Gasteiger partial charge in [-0.3, -0.25) is 14.5 Å². The number of imide groups is 1. The molecule has 96 valence electrons. The standard InChI is InChI=1S/C13H22N2O2/c1-9-5-12(16)15(13(17)6-9)8-11-3-4-14-7-10(11)2/h9-11,14H,3-8H2,1-2H3. The first-order valence-electron chi connectivity index (χ1n) is 6.62. The van der Waals surface area contributed by atoms with Crippen molar-refractivity contribution in [3.05, 3.63) is 0 Å². The fourth-order valence-electron chi connectivity index (χ4n) is 2.81. The maximum atomic E-state index is 11.9. The van der Waals surface area contributed by atoms with Crippen molar-refractivity contribution < 1.29 is 9.59 Å². The summed E-state index contributed by atoms with van der Waals surface area (Å²) in [6.45, 7) is 6.80. The lowest BCUT2D eigenvalue weighted by atomic mass is 9.86. The Morgan fingerprint density at radius 2 is 1.88 bits per heavy atom. The second-order valence-corrected chi connectivity index (χ2v) is 5.64. The van der Waals surface area contributed by atoms with Crippen molar-refractivity contribution in [2.24, 2.45) is 17.8 Å². The molecule has 2 rings (SSSR count). The molecule has 4 nitrogen and oxygen atoms in total. The van der Waals surface area contributed by atoms with Gasteiger partial charge in [0.25, 0.3) is 0 Å². The molecule has 0 saturated carbocycles. The molecule has 0 aromatic rings. The first kappa shape index (κ1) is 12.6. The fourth-order valence-corrected chi connectivity index (χ4v) is 2.81. The zero-order chi connectivity index (χ0) is 12.4. The average molecular weight is 238 g/mol. The van der Waals surface area contributed by atoms with Crippen molar-refractivity contribution in [3.63, 3.8) is 0 Å². The molecule has 2 aliphatic heterocycles. The highest BCUT2D eigenvalue weighted by molar-refractivity contribution is 5.97. The first-order chi connectivity index (χ1) is 8.08. The second kappa shape index (κ2) is 5.17. The number of likely N-dealkylation sites (tertiary alicyclic amines) is 1. The molecule has 2 aliphatic rings. The van der Waals surface area contributed by atoms with Gasteiger partial charge in [-0.1, -0.05) is 13.8 Å². The van der Waals surface area contributed by atoms with Crippen molar-refractivity contribution in [3.8, 4) is 0 Å². The van der Waals surface area contributed by atoms with E-state index < -0.39 is 0 Å². The number of nitrogens with one attached hydrogen (secondary N) is 1. The number of amides is 2. The molecule has 2 atom stereocenters. The predicted octanol–water partition coefficient (Wildman–Crippen LogP) is 1.02. The second-order valence-electron chi connectivity index (χ2n) is 5.64. The molecule has 0 aromatic heterocycles. The van der Waals surface area contributed by atoms with Crippen LogP contribution in [0.3, 0.4) is 0 Å². The van der Waals surface area contributed by atoms with Crippen LogP contribution in [0.1, 0.15) is 33.1 Å². The molecule has 0 aromatic carbocycles. The third-order valence-corrected chi connectivity index (χ3v) is 4.03. The van der Waals surface area contributed by atoms with Crippen LogP contribution < -0.4 is 5.32 Å². The molecule has 2 amide bonds. The Bertz CT molecular complexity index is 299. The van der Waals surface area contributed by atoms with Gasteiger partial charge in [-0.2, -0.15) is 0 Å².